The number of nitrogens with zero attached hydrogens (tertiary/aromatic N) is 2. The van der Waals surface area contributed by atoms with E-state index in [1.807, 2.05) is 0 Å². The molecule has 2 rings (SSSR count). The van der Waals surface area contributed by atoms with Crippen molar-refractivity contribution in [2.24, 2.45) is 0 Å². The van der Waals surface area contributed by atoms with Gasteiger partial charge in [-0.15, -0.1) is 0 Å². The third kappa shape index (κ3) is 2.97. The van der Waals surface area contributed by atoms with E-state index in [4.69, 9.17) is 9.47 Å². The SMILES string of the molecule is CNCc1nn(-c2ccc(OC)cc2OC)c(=O)cc1O. The summed E-state index contributed by atoms with van der Waals surface area (Å²) in [7, 11) is 4.77. The second-order valence-electron chi connectivity index (χ2n) is 4.29. The number of hydrogen-bond donors (Lipinski definition) is 2. The number of ether oxygens (including phenoxy) is 2. The Morgan fingerprint density at radius 1 is 1.29 bits per heavy atom. The molecule has 0 spiro atoms. The van der Waals surface area contributed by atoms with Crippen LogP contribution in [0.1, 0.15) is 5.69 Å². The molecule has 1 heterocycles. The summed E-state index contributed by atoms with van der Waals surface area (Å²) >= 11 is 0. The van der Waals surface area contributed by atoms with Crippen molar-refractivity contribution in [1.82, 2.24) is 15.1 Å². The van der Waals surface area contributed by atoms with E-state index in [1.54, 1.807) is 32.4 Å². The molecule has 0 aliphatic heterocycles. The summed E-state index contributed by atoms with van der Waals surface area (Å²) in [5.41, 5.74) is 0.395. The van der Waals surface area contributed by atoms with E-state index >= 15 is 0 Å². The van der Waals surface area contributed by atoms with E-state index in [0.29, 0.717) is 29.4 Å². The minimum Gasteiger partial charge on any atom is -0.506 e. The molecular formula is C14H17N3O4. The van der Waals surface area contributed by atoms with Gasteiger partial charge in [0.05, 0.1) is 14.2 Å². The maximum atomic E-state index is 12.1. The molecule has 0 atom stereocenters. The normalized spacial score (nSPS) is 10.4. The van der Waals surface area contributed by atoms with Crippen LogP contribution in [0.5, 0.6) is 17.2 Å². The van der Waals surface area contributed by atoms with Gasteiger partial charge < -0.3 is 19.9 Å². The van der Waals surface area contributed by atoms with Crippen LogP contribution in [-0.2, 0) is 6.54 Å². The first-order valence-electron chi connectivity index (χ1n) is 6.30. The summed E-state index contributed by atoms with van der Waals surface area (Å²) < 4.78 is 11.6. The number of rotatable bonds is 5. The lowest BCUT2D eigenvalue weighted by atomic mass is 10.2. The zero-order valence-corrected chi connectivity index (χ0v) is 12.1. The standard InChI is InChI=1S/C14H17N3O4/c1-15-8-10-12(18)7-14(19)17(16-10)11-5-4-9(20-2)6-13(11)21-3/h4-7,15,18H,8H2,1-3H3. The highest BCUT2D eigenvalue weighted by Gasteiger charge is 2.13. The van der Waals surface area contributed by atoms with Crippen LogP contribution in [-0.4, -0.2) is 36.2 Å². The molecule has 1 aromatic heterocycles. The van der Waals surface area contributed by atoms with Crippen molar-refractivity contribution in [2.75, 3.05) is 21.3 Å². The molecule has 112 valence electrons. The van der Waals surface area contributed by atoms with Crippen molar-refractivity contribution in [3.05, 3.63) is 40.3 Å². The molecule has 0 amide bonds. The van der Waals surface area contributed by atoms with Crippen LogP contribution in [0, 0.1) is 0 Å². The van der Waals surface area contributed by atoms with Crippen molar-refractivity contribution in [3.63, 3.8) is 0 Å². The van der Waals surface area contributed by atoms with Crippen LogP contribution in [0.3, 0.4) is 0 Å². The Balaban J connectivity index is 2.60. The molecular weight excluding hydrogens is 274 g/mol. The van der Waals surface area contributed by atoms with Crippen LogP contribution in [0.15, 0.2) is 29.1 Å². The van der Waals surface area contributed by atoms with Gasteiger partial charge in [0.15, 0.2) is 0 Å². The first-order valence-corrected chi connectivity index (χ1v) is 6.30. The predicted octanol–water partition coefficient (Wildman–Crippen LogP) is 0.675. The highest BCUT2D eigenvalue weighted by atomic mass is 16.5. The third-order valence-electron chi connectivity index (χ3n) is 2.94. The fraction of sp³-hybridized carbons (Fsp3) is 0.286. The molecule has 7 nitrogen and oxygen atoms in total. The topological polar surface area (TPSA) is 85.6 Å². The first kappa shape index (κ1) is 14.9. The van der Waals surface area contributed by atoms with Gasteiger partial charge >= 0.3 is 0 Å². The third-order valence-corrected chi connectivity index (χ3v) is 2.94. The van der Waals surface area contributed by atoms with Crippen molar-refractivity contribution >= 4 is 0 Å². The Hall–Kier alpha value is -2.54. The lowest BCUT2D eigenvalue weighted by Crippen LogP contribution is -2.23. The van der Waals surface area contributed by atoms with Crippen LogP contribution < -0.4 is 20.3 Å². The van der Waals surface area contributed by atoms with Gasteiger partial charge in [-0.2, -0.15) is 9.78 Å². The zero-order chi connectivity index (χ0) is 15.4. The van der Waals surface area contributed by atoms with E-state index in [9.17, 15) is 9.90 Å². The van der Waals surface area contributed by atoms with E-state index in [1.165, 1.54) is 11.8 Å². The monoisotopic (exact) mass is 291 g/mol. The number of aromatic hydroxyl groups is 1. The van der Waals surface area contributed by atoms with E-state index in [2.05, 4.69) is 10.4 Å². The molecule has 2 aromatic rings. The molecule has 0 saturated carbocycles. The van der Waals surface area contributed by atoms with Crippen LogP contribution in [0.4, 0.5) is 0 Å². The van der Waals surface area contributed by atoms with Gasteiger partial charge in [0.25, 0.3) is 5.56 Å². The summed E-state index contributed by atoms with van der Waals surface area (Å²) in [6.07, 6.45) is 0. The van der Waals surface area contributed by atoms with Crippen LogP contribution in [0.2, 0.25) is 0 Å². The summed E-state index contributed by atoms with van der Waals surface area (Å²) in [4.78, 5) is 12.1. The largest absolute Gasteiger partial charge is 0.506 e. The van der Waals surface area contributed by atoms with Gasteiger partial charge in [-0.1, -0.05) is 0 Å². The molecule has 0 saturated heterocycles. The van der Waals surface area contributed by atoms with E-state index < -0.39 is 5.56 Å². The van der Waals surface area contributed by atoms with Gasteiger partial charge in [-0.3, -0.25) is 4.79 Å². The van der Waals surface area contributed by atoms with Crippen molar-refractivity contribution in [1.29, 1.82) is 0 Å². The molecule has 0 aliphatic rings. The fourth-order valence-corrected chi connectivity index (χ4v) is 1.91. The lowest BCUT2D eigenvalue weighted by Gasteiger charge is -2.13. The average Bonchev–Trinajstić information content (AvgIpc) is 2.49. The van der Waals surface area contributed by atoms with Gasteiger partial charge in [0.1, 0.15) is 28.6 Å². The molecule has 0 unspecified atom stereocenters. The fourth-order valence-electron chi connectivity index (χ4n) is 1.91. The van der Waals surface area contributed by atoms with Gasteiger partial charge in [-0.05, 0) is 19.2 Å². The molecule has 0 bridgehead atoms. The Labute approximate surface area is 121 Å². The summed E-state index contributed by atoms with van der Waals surface area (Å²) in [5.74, 6) is 0.918. The highest BCUT2D eigenvalue weighted by molar-refractivity contribution is 5.50. The Morgan fingerprint density at radius 2 is 2.05 bits per heavy atom. The number of aromatic nitrogens is 2. The minimum absolute atomic E-state index is 0.141. The summed E-state index contributed by atoms with van der Waals surface area (Å²) in [6.45, 7) is 0.338. The molecule has 0 fully saturated rings. The Kier molecular flexibility index (Phi) is 4.44. The maximum Gasteiger partial charge on any atom is 0.275 e. The Morgan fingerprint density at radius 3 is 2.67 bits per heavy atom. The van der Waals surface area contributed by atoms with Crippen LogP contribution in [0.25, 0.3) is 5.69 Å². The van der Waals surface area contributed by atoms with Crippen molar-refractivity contribution < 1.29 is 14.6 Å². The highest BCUT2D eigenvalue weighted by Crippen LogP contribution is 2.26. The number of methoxy groups -OCH3 is 2. The second-order valence-corrected chi connectivity index (χ2v) is 4.29. The minimum atomic E-state index is -0.448. The van der Waals surface area contributed by atoms with Crippen molar-refractivity contribution in [2.45, 2.75) is 6.54 Å². The van der Waals surface area contributed by atoms with E-state index in [0.717, 1.165) is 6.07 Å². The van der Waals surface area contributed by atoms with Crippen LogP contribution >= 0.6 is 0 Å². The number of nitrogens with one attached hydrogen (secondary N) is 1. The molecule has 0 aliphatic carbocycles. The quantitative estimate of drug-likeness (QED) is 0.842. The number of benzene rings is 1. The molecule has 21 heavy (non-hydrogen) atoms. The molecule has 1 aromatic carbocycles. The summed E-state index contributed by atoms with van der Waals surface area (Å²) in [6, 6.07) is 6.17. The maximum absolute atomic E-state index is 12.1. The average molecular weight is 291 g/mol. The van der Waals surface area contributed by atoms with Gasteiger partial charge in [0.2, 0.25) is 0 Å². The number of hydrogen-bond acceptors (Lipinski definition) is 6. The second kappa shape index (κ2) is 6.27. The van der Waals surface area contributed by atoms with Gasteiger partial charge in [-0.25, -0.2) is 0 Å². The first-order chi connectivity index (χ1) is 10.1. The lowest BCUT2D eigenvalue weighted by molar-refractivity contribution is 0.391. The summed E-state index contributed by atoms with van der Waals surface area (Å²) in [5, 5.41) is 16.8. The Bertz CT molecular complexity index is 697. The molecule has 2 N–H and O–H groups in total. The predicted molar refractivity (Wildman–Crippen MR) is 77.4 cm³/mol. The molecule has 7 heteroatoms. The molecule has 0 radical (unpaired) electrons. The van der Waals surface area contributed by atoms with Gasteiger partial charge in [0, 0.05) is 18.7 Å². The smallest absolute Gasteiger partial charge is 0.275 e. The van der Waals surface area contributed by atoms with E-state index in [-0.39, 0.29) is 5.75 Å². The van der Waals surface area contributed by atoms with Crippen molar-refractivity contribution in [3.8, 4) is 22.9 Å². The zero-order valence-electron chi connectivity index (χ0n) is 12.1.